The molecule has 0 bridgehead atoms. The fourth-order valence-corrected chi connectivity index (χ4v) is 2.07. The minimum Gasteiger partial charge on any atom is -0.326 e. The zero-order valence-corrected chi connectivity index (χ0v) is 10.2. The molecule has 4 nitrogen and oxygen atoms in total. The standard InChI is InChI=1S/C14H14N4/c1-10-3-5-11(6-4-10)13-12(9-15)14-16-7-2-8-18(14)17-13/h2-8H,9,15H2,1H3. The van der Waals surface area contributed by atoms with E-state index in [1.165, 1.54) is 5.56 Å². The smallest absolute Gasteiger partial charge is 0.160 e. The van der Waals surface area contributed by atoms with Crippen molar-refractivity contribution in [2.45, 2.75) is 13.5 Å². The number of benzene rings is 1. The molecule has 0 radical (unpaired) electrons. The summed E-state index contributed by atoms with van der Waals surface area (Å²) in [6.07, 6.45) is 3.65. The molecule has 90 valence electrons. The number of aromatic nitrogens is 3. The van der Waals surface area contributed by atoms with Gasteiger partial charge in [0, 0.05) is 30.1 Å². The SMILES string of the molecule is Cc1ccc(-c2nn3cccnc3c2CN)cc1. The molecule has 0 amide bonds. The van der Waals surface area contributed by atoms with Crippen LogP contribution in [0.5, 0.6) is 0 Å². The monoisotopic (exact) mass is 238 g/mol. The van der Waals surface area contributed by atoms with Crippen molar-refractivity contribution in [3.8, 4) is 11.3 Å². The van der Waals surface area contributed by atoms with Crippen LogP contribution in [-0.2, 0) is 6.54 Å². The van der Waals surface area contributed by atoms with E-state index in [4.69, 9.17) is 5.73 Å². The molecule has 2 N–H and O–H groups in total. The molecule has 2 aromatic heterocycles. The van der Waals surface area contributed by atoms with Crippen molar-refractivity contribution < 1.29 is 0 Å². The molecule has 3 aromatic rings. The number of nitrogens with zero attached hydrogens (tertiary/aromatic N) is 3. The second-order valence-corrected chi connectivity index (χ2v) is 4.29. The lowest BCUT2D eigenvalue weighted by Crippen LogP contribution is -1.98. The third-order valence-electron chi connectivity index (χ3n) is 3.02. The van der Waals surface area contributed by atoms with E-state index in [1.807, 2.05) is 12.3 Å². The first-order valence-corrected chi connectivity index (χ1v) is 5.89. The Kier molecular flexibility index (Phi) is 2.57. The van der Waals surface area contributed by atoms with Crippen molar-refractivity contribution in [1.82, 2.24) is 14.6 Å². The minimum atomic E-state index is 0.434. The summed E-state index contributed by atoms with van der Waals surface area (Å²) in [5, 5.41) is 4.56. The quantitative estimate of drug-likeness (QED) is 0.744. The zero-order valence-electron chi connectivity index (χ0n) is 10.2. The maximum Gasteiger partial charge on any atom is 0.160 e. The molecule has 3 rings (SSSR count). The Morgan fingerprint density at radius 1 is 1.22 bits per heavy atom. The first-order valence-electron chi connectivity index (χ1n) is 5.89. The Balaban J connectivity index is 2.25. The lowest BCUT2D eigenvalue weighted by molar-refractivity contribution is 0.942. The van der Waals surface area contributed by atoms with Crippen LogP contribution in [0.1, 0.15) is 11.1 Å². The fourth-order valence-electron chi connectivity index (χ4n) is 2.07. The highest BCUT2D eigenvalue weighted by Crippen LogP contribution is 2.24. The van der Waals surface area contributed by atoms with Gasteiger partial charge in [-0.2, -0.15) is 5.10 Å². The van der Waals surface area contributed by atoms with Gasteiger partial charge in [0.15, 0.2) is 5.65 Å². The Labute approximate surface area is 105 Å². The summed E-state index contributed by atoms with van der Waals surface area (Å²) in [6, 6.07) is 10.1. The Hall–Kier alpha value is -2.20. The number of fused-ring (bicyclic) bond motifs is 1. The maximum absolute atomic E-state index is 5.84. The number of hydrogen-bond donors (Lipinski definition) is 1. The van der Waals surface area contributed by atoms with Gasteiger partial charge >= 0.3 is 0 Å². The predicted octanol–water partition coefficient (Wildman–Crippen LogP) is 2.16. The van der Waals surface area contributed by atoms with Crippen LogP contribution in [0.2, 0.25) is 0 Å². The van der Waals surface area contributed by atoms with E-state index >= 15 is 0 Å². The summed E-state index contributed by atoms with van der Waals surface area (Å²) in [5.41, 5.74) is 10.9. The highest BCUT2D eigenvalue weighted by atomic mass is 15.2. The van der Waals surface area contributed by atoms with E-state index in [0.29, 0.717) is 6.54 Å². The van der Waals surface area contributed by atoms with Crippen LogP contribution < -0.4 is 5.73 Å². The lowest BCUT2D eigenvalue weighted by Gasteiger charge is -2.00. The summed E-state index contributed by atoms with van der Waals surface area (Å²) in [5.74, 6) is 0. The Morgan fingerprint density at radius 2 is 2.00 bits per heavy atom. The van der Waals surface area contributed by atoms with E-state index in [-0.39, 0.29) is 0 Å². The molecule has 0 saturated carbocycles. The van der Waals surface area contributed by atoms with E-state index in [0.717, 1.165) is 22.5 Å². The normalized spacial score (nSPS) is 11.0. The summed E-state index contributed by atoms with van der Waals surface area (Å²) in [6.45, 7) is 2.50. The van der Waals surface area contributed by atoms with Gasteiger partial charge in [0.05, 0.1) is 5.69 Å². The first kappa shape index (κ1) is 10.9. The van der Waals surface area contributed by atoms with Gasteiger partial charge in [-0.05, 0) is 13.0 Å². The highest BCUT2D eigenvalue weighted by Gasteiger charge is 2.13. The molecule has 0 spiro atoms. The number of nitrogens with two attached hydrogens (primary N) is 1. The summed E-state index contributed by atoms with van der Waals surface area (Å²) >= 11 is 0. The van der Waals surface area contributed by atoms with Crippen LogP contribution in [0.4, 0.5) is 0 Å². The maximum atomic E-state index is 5.84. The molecule has 0 aliphatic carbocycles. The fraction of sp³-hybridized carbons (Fsp3) is 0.143. The zero-order chi connectivity index (χ0) is 12.5. The molecule has 0 saturated heterocycles. The van der Waals surface area contributed by atoms with Crippen molar-refractivity contribution in [2.75, 3.05) is 0 Å². The van der Waals surface area contributed by atoms with Crippen molar-refractivity contribution in [1.29, 1.82) is 0 Å². The van der Waals surface area contributed by atoms with Gasteiger partial charge in [-0.3, -0.25) is 0 Å². The van der Waals surface area contributed by atoms with Crippen molar-refractivity contribution in [2.24, 2.45) is 5.73 Å². The molecule has 1 aromatic carbocycles. The Bertz CT molecular complexity index is 683. The van der Waals surface area contributed by atoms with Gasteiger partial charge in [-0.25, -0.2) is 9.50 Å². The molecular formula is C14H14N4. The third-order valence-corrected chi connectivity index (χ3v) is 3.02. The highest BCUT2D eigenvalue weighted by molar-refractivity contribution is 5.70. The van der Waals surface area contributed by atoms with Crippen LogP contribution >= 0.6 is 0 Å². The van der Waals surface area contributed by atoms with Crippen LogP contribution in [0.15, 0.2) is 42.7 Å². The third kappa shape index (κ3) is 1.67. The van der Waals surface area contributed by atoms with E-state index in [1.54, 1.807) is 10.7 Å². The summed E-state index contributed by atoms with van der Waals surface area (Å²) in [7, 11) is 0. The average molecular weight is 238 g/mol. The summed E-state index contributed by atoms with van der Waals surface area (Å²) in [4.78, 5) is 4.34. The number of aryl methyl sites for hydroxylation is 1. The molecule has 0 aliphatic rings. The predicted molar refractivity (Wildman–Crippen MR) is 71.1 cm³/mol. The van der Waals surface area contributed by atoms with Gasteiger partial charge in [0.2, 0.25) is 0 Å². The number of hydrogen-bond acceptors (Lipinski definition) is 3. The largest absolute Gasteiger partial charge is 0.326 e. The molecule has 2 heterocycles. The molecule has 18 heavy (non-hydrogen) atoms. The second kappa shape index (κ2) is 4.23. The van der Waals surface area contributed by atoms with Gasteiger partial charge in [0.1, 0.15) is 0 Å². The minimum absolute atomic E-state index is 0.434. The van der Waals surface area contributed by atoms with Crippen LogP contribution in [-0.4, -0.2) is 14.6 Å². The van der Waals surface area contributed by atoms with Crippen molar-refractivity contribution in [3.05, 3.63) is 53.9 Å². The van der Waals surface area contributed by atoms with Crippen LogP contribution in [0, 0.1) is 6.92 Å². The van der Waals surface area contributed by atoms with Gasteiger partial charge in [-0.15, -0.1) is 0 Å². The average Bonchev–Trinajstić information content (AvgIpc) is 2.78. The van der Waals surface area contributed by atoms with E-state index in [9.17, 15) is 0 Å². The van der Waals surface area contributed by atoms with Crippen molar-refractivity contribution in [3.63, 3.8) is 0 Å². The molecule has 0 atom stereocenters. The summed E-state index contributed by atoms with van der Waals surface area (Å²) < 4.78 is 1.78. The molecule has 0 aliphatic heterocycles. The van der Waals surface area contributed by atoms with E-state index in [2.05, 4.69) is 41.3 Å². The van der Waals surface area contributed by atoms with Crippen LogP contribution in [0.25, 0.3) is 16.9 Å². The van der Waals surface area contributed by atoms with Crippen LogP contribution in [0.3, 0.4) is 0 Å². The Morgan fingerprint density at radius 3 is 2.72 bits per heavy atom. The molecule has 4 heteroatoms. The first-order chi connectivity index (χ1) is 8.79. The van der Waals surface area contributed by atoms with Gasteiger partial charge in [-0.1, -0.05) is 29.8 Å². The molecule has 0 unspecified atom stereocenters. The second-order valence-electron chi connectivity index (χ2n) is 4.29. The molecular weight excluding hydrogens is 224 g/mol. The topological polar surface area (TPSA) is 56.2 Å². The van der Waals surface area contributed by atoms with Crippen molar-refractivity contribution >= 4 is 5.65 Å². The van der Waals surface area contributed by atoms with Gasteiger partial charge < -0.3 is 5.73 Å². The van der Waals surface area contributed by atoms with Gasteiger partial charge in [0.25, 0.3) is 0 Å². The molecule has 0 fully saturated rings. The lowest BCUT2D eigenvalue weighted by atomic mass is 10.1. The van der Waals surface area contributed by atoms with E-state index < -0.39 is 0 Å². The number of rotatable bonds is 2.